The summed E-state index contributed by atoms with van der Waals surface area (Å²) in [6.07, 6.45) is -0.130. The molecule has 0 saturated carbocycles. The van der Waals surface area contributed by atoms with Gasteiger partial charge in [0.25, 0.3) is 0 Å². The maximum absolute atomic E-state index is 13.2. The molecule has 1 heterocycles. The summed E-state index contributed by atoms with van der Waals surface area (Å²) >= 11 is 0. The Hall–Kier alpha value is -3.31. The van der Waals surface area contributed by atoms with E-state index in [4.69, 9.17) is 9.47 Å². The molecule has 0 unspecified atom stereocenters. The van der Waals surface area contributed by atoms with Gasteiger partial charge in [0, 0.05) is 6.54 Å². The number of carbonyl (C=O) groups excluding carboxylic acids is 1. The second-order valence-electron chi connectivity index (χ2n) is 7.88. The zero-order valence-electron chi connectivity index (χ0n) is 17.9. The van der Waals surface area contributed by atoms with Gasteiger partial charge < -0.3 is 14.8 Å². The molecule has 0 fully saturated rings. The number of rotatable bonds is 7. The van der Waals surface area contributed by atoms with E-state index in [9.17, 15) is 4.79 Å². The van der Waals surface area contributed by atoms with Crippen LogP contribution in [-0.4, -0.2) is 43.2 Å². The van der Waals surface area contributed by atoms with Gasteiger partial charge in [-0.15, -0.1) is 0 Å². The van der Waals surface area contributed by atoms with Crippen LogP contribution in [0.4, 0.5) is 0 Å². The Morgan fingerprint density at radius 2 is 1.48 bits per heavy atom. The van der Waals surface area contributed by atoms with Crippen LogP contribution in [0.15, 0.2) is 84.9 Å². The van der Waals surface area contributed by atoms with Crippen molar-refractivity contribution in [2.24, 2.45) is 0 Å². The fraction of sp³-hybridized carbons (Fsp3) is 0.269. The average Bonchev–Trinajstić information content (AvgIpc) is 2.83. The lowest BCUT2D eigenvalue weighted by molar-refractivity contribution is -0.126. The highest BCUT2D eigenvalue weighted by atomic mass is 16.6. The van der Waals surface area contributed by atoms with Crippen molar-refractivity contribution in [3.63, 3.8) is 0 Å². The molecule has 0 spiro atoms. The van der Waals surface area contributed by atoms with E-state index in [-0.39, 0.29) is 24.1 Å². The number of nitrogens with one attached hydrogen (secondary N) is 1. The third-order valence-electron chi connectivity index (χ3n) is 5.65. The second-order valence-corrected chi connectivity index (χ2v) is 7.88. The van der Waals surface area contributed by atoms with Gasteiger partial charge in [-0.2, -0.15) is 0 Å². The lowest BCUT2D eigenvalue weighted by atomic mass is 9.98. The van der Waals surface area contributed by atoms with Crippen LogP contribution in [0.5, 0.6) is 11.5 Å². The molecule has 1 amide bonds. The standard InChI is InChI=1S/C26H28N2O3/c1-19(28(2)17-22-18-30-23-15-9-10-16-24(23)31-22)26(29)27-25(20-11-5-3-6-12-20)21-13-7-4-8-14-21/h3-16,19,22,25H,17-18H2,1-2H3,(H,27,29)/t19-,22+/m0/s1. The Kier molecular flexibility index (Phi) is 6.53. The molecule has 1 N–H and O–H groups in total. The fourth-order valence-electron chi connectivity index (χ4n) is 3.75. The number of benzene rings is 3. The topological polar surface area (TPSA) is 50.8 Å². The first-order valence-corrected chi connectivity index (χ1v) is 10.6. The van der Waals surface area contributed by atoms with Crippen molar-refractivity contribution in [2.45, 2.75) is 25.1 Å². The number of para-hydroxylation sites is 2. The summed E-state index contributed by atoms with van der Waals surface area (Å²) in [6.45, 7) is 2.97. The molecule has 3 aromatic rings. The first-order valence-electron chi connectivity index (χ1n) is 10.6. The van der Waals surface area contributed by atoms with E-state index in [2.05, 4.69) is 5.32 Å². The molecule has 5 nitrogen and oxygen atoms in total. The molecular formula is C26H28N2O3. The molecule has 0 aromatic heterocycles. The number of amides is 1. The van der Waals surface area contributed by atoms with E-state index in [1.165, 1.54) is 0 Å². The number of fused-ring (bicyclic) bond motifs is 1. The van der Waals surface area contributed by atoms with E-state index in [0.717, 1.165) is 22.6 Å². The number of ether oxygens (including phenoxy) is 2. The molecule has 31 heavy (non-hydrogen) atoms. The maximum Gasteiger partial charge on any atom is 0.237 e. The minimum atomic E-state index is -0.323. The van der Waals surface area contributed by atoms with Gasteiger partial charge in [-0.25, -0.2) is 0 Å². The summed E-state index contributed by atoms with van der Waals surface area (Å²) < 4.78 is 11.9. The molecule has 0 radical (unpaired) electrons. The van der Waals surface area contributed by atoms with E-state index in [1.54, 1.807) is 0 Å². The molecule has 2 atom stereocenters. The molecule has 4 rings (SSSR count). The maximum atomic E-state index is 13.2. The Labute approximate surface area is 183 Å². The van der Waals surface area contributed by atoms with Crippen molar-refractivity contribution >= 4 is 5.91 Å². The van der Waals surface area contributed by atoms with Crippen molar-refractivity contribution in [3.8, 4) is 11.5 Å². The number of hydrogen-bond donors (Lipinski definition) is 1. The molecule has 1 aliphatic heterocycles. The lowest BCUT2D eigenvalue weighted by Crippen LogP contribution is -2.49. The van der Waals surface area contributed by atoms with E-state index in [0.29, 0.717) is 13.2 Å². The SMILES string of the molecule is C[C@@H](C(=O)NC(c1ccccc1)c1ccccc1)N(C)C[C@@H]1COc2ccccc2O1. The summed E-state index contributed by atoms with van der Waals surface area (Å²) in [5.41, 5.74) is 2.11. The number of nitrogens with zero attached hydrogens (tertiary/aromatic N) is 1. The Bertz CT molecular complexity index is 954. The van der Waals surface area contributed by atoms with Crippen LogP contribution in [0.25, 0.3) is 0 Å². The minimum Gasteiger partial charge on any atom is -0.486 e. The van der Waals surface area contributed by atoms with Crippen LogP contribution in [-0.2, 0) is 4.79 Å². The summed E-state index contributed by atoms with van der Waals surface area (Å²) in [4.78, 5) is 15.2. The van der Waals surface area contributed by atoms with Gasteiger partial charge in [-0.1, -0.05) is 72.8 Å². The largest absolute Gasteiger partial charge is 0.486 e. The molecule has 1 aliphatic rings. The zero-order valence-corrected chi connectivity index (χ0v) is 17.9. The highest BCUT2D eigenvalue weighted by Crippen LogP contribution is 2.31. The number of hydrogen-bond acceptors (Lipinski definition) is 4. The summed E-state index contributed by atoms with van der Waals surface area (Å²) in [5.74, 6) is 1.48. The molecule has 0 saturated heterocycles. The highest BCUT2D eigenvalue weighted by molar-refractivity contribution is 5.82. The third kappa shape index (κ3) is 5.06. The van der Waals surface area contributed by atoms with Crippen LogP contribution in [0, 0.1) is 0 Å². The molecular weight excluding hydrogens is 388 g/mol. The first kappa shape index (κ1) is 20.9. The molecule has 5 heteroatoms. The van der Waals surface area contributed by atoms with Gasteiger partial charge in [0.05, 0.1) is 12.1 Å². The van der Waals surface area contributed by atoms with E-state index in [1.807, 2.05) is 104 Å². The highest BCUT2D eigenvalue weighted by Gasteiger charge is 2.27. The summed E-state index contributed by atoms with van der Waals surface area (Å²) in [6, 6.07) is 27.2. The lowest BCUT2D eigenvalue weighted by Gasteiger charge is -2.32. The second kappa shape index (κ2) is 9.67. The van der Waals surface area contributed by atoms with Crippen molar-refractivity contribution < 1.29 is 14.3 Å². The van der Waals surface area contributed by atoms with Crippen LogP contribution in [0.3, 0.4) is 0 Å². The molecule has 3 aromatic carbocycles. The third-order valence-corrected chi connectivity index (χ3v) is 5.65. The van der Waals surface area contributed by atoms with Crippen molar-refractivity contribution in [2.75, 3.05) is 20.2 Å². The normalized spacial score (nSPS) is 16.2. The van der Waals surface area contributed by atoms with Gasteiger partial charge in [0.2, 0.25) is 5.91 Å². The van der Waals surface area contributed by atoms with Crippen LogP contribution in [0.1, 0.15) is 24.1 Å². The smallest absolute Gasteiger partial charge is 0.237 e. The Balaban J connectivity index is 1.42. The first-order chi connectivity index (χ1) is 15.1. The predicted molar refractivity (Wildman–Crippen MR) is 121 cm³/mol. The van der Waals surface area contributed by atoms with Crippen LogP contribution in [0.2, 0.25) is 0 Å². The molecule has 0 bridgehead atoms. The van der Waals surface area contributed by atoms with Gasteiger partial charge in [-0.05, 0) is 37.2 Å². The average molecular weight is 417 g/mol. The Morgan fingerprint density at radius 3 is 2.10 bits per heavy atom. The van der Waals surface area contributed by atoms with Crippen LogP contribution >= 0.6 is 0 Å². The fourth-order valence-corrected chi connectivity index (χ4v) is 3.75. The van der Waals surface area contributed by atoms with Crippen molar-refractivity contribution in [1.82, 2.24) is 10.2 Å². The monoisotopic (exact) mass is 416 g/mol. The van der Waals surface area contributed by atoms with Gasteiger partial charge in [-0.3, -0.25) is 9.69 Å². The van der Waals surface area contributed by atoms with Crippen molar-refractivity contribution in [1.29, 1.82) is 0 Å². The summed E-state index contributed by atoms with van der Waals surface area (Å²) in [5, 5.41) is 3.23. The van der Waals surface area contributed by atoms with Gasteiger partial charge >= 0.3 is 0 Å². The number of carbonyl (C=O) groups is 1. The Morgan fingerprint density at radius 1 is 0.935 bits per heavy atom. The van der Waals surface area contributed by atoms with Gasteiger partial charge in [0.1, 0.15) is 12.7 Å². The van der Waals surface area contributed by atoms with E-state index >= 15 is 0 Å². The van der Waals surface area contributed by atoms with Crippen molar-refractivity contribution in [3.05, 3.63) is 96.1 Å². The molecule has 0 aliphatic carbocycles. The van der Waals surface area contributed by atoms with Gasteiger partial charge in [0.15, 0.2) is 11.5 Å². The zero-order chi connectivity index (χ0) is 21.6. The van der Waals surface area contributed by atoms with E-state index < -0.39 is 0 Å². The van der Waals surface area contributed by atoms with Crippen LogP contribution < -0.4 is 14.8 Å². The minimum absolute atomic E-state index is 0.0302. The molecule has 160 valence electrons. The number of likely N-dealkylation sites (N-methyl/N-ethyl adjacent to an activating group) is 1. The summed E-state index contributed by atoms with van der Waals surface area (Å²) in [7, 11) is 1.94. The predicted octanol–water partition coefficient (Wildman–Crippen LogP) is 4.05. The quantitative estimate of drug-likeness (QED) is 0.631.